The van der Waals surface area contributed by atoms with Crippen molar-refractivity contribution < 1.29 is 18.4 Å². The Balaban J connectivity index is 1.56. The van der Waals surface area contributed by atoms with Gasteiger partial charge < -0.3 is 10.6 Å². The van der Waals surface area contributed by atoms with Crippen molar-refractivity contribution in [3.63, 3.8) is 0 Å². The molecule has 2 N–H and O–H groups in total. The van der Waals surface area contributed by atoms with Crippen LogP contribution in [0.25, 0.3) is 11.3 Å². The summed E-state index contributed by atoms with van der Waals surface area (Å²) in [5.74, 6) is -1.94. The molecule has 2 amide bonds. The number of hydrogen-bond donors (Lipinski definition) is 2. The molecule has 0 fully saturated rings. The van der Waals surface area contributed by atoms with E-state index in [0.717, 1.165) is 6.07 Å². The molecule has 0 atom stereocenters. The maximum Gasteiger partial charge on any atom is 0.251 e. The lowest BCUT2D eigenvalue weighted by molar-refractivity contribution is -0.115. The van der Waals surface area contributed by atoms with Gasteiger partial charge in [-0.05, 0) is 30.3 Å². The molecule has 3 rings (SSSR count). The lowest BCUT2D eigenvalue weighted by Gasteiger charge is -2.05. The molecule has 2 aromatic carbocycles. The molecule has 0 unspecified atom stereocenters. The summed E-state index contributed by atoms with van der Waals surface area (Å²) in [6, 6.07) is 11.1. The molecule has 3 aromatic rings. The zero-order chi connectivity index (χ0) is 18.5. The van der Waals surface area contributed by atoms with Gasteiger partial charge in [0.05, 0.1) is 12.2 Å². The van der Waals surface area contributed by atoms with E-state index in [9.17, 15) is 18.4 Å². The van der Waals surface area contributed by atoms with Crippen LogP contribution in [-0.2, 0) is 4.79 Å². The van der Waals surface area contributed by atoms with Crippen molar-refractivity contribution in [3.8, 4) is 11.3 Å². The summed E-state index contributed by atoms with van der Waals surface area (Å²) in [5, 5.41) is 6.97. The van der Waals surface area contributed by atoms with Gasteiger partial charge in [0.15, 0.2) is 5.13 Å². The summed E-state index contributed by atoms with van der Waals surface area (Å²) < 4.78 is 26.3. The predicted octanol–water partition coefficient (Wildman–Crippen LogP) is 3.46. The highest BCUT2D eigenvalue weighted by Crippen LogP contribution is 2.25. The Morgan fingerprint density at radius 3 is 2.50 bits per heavy atom. The van der Waals surface area contributed by atoms with Gasteiger partial charge in [0.2, 0.25) is 5.91 Å². The minimum atomic E-state index is -0.556. The summed E-state index contributed by atoms with van der Waals surface area (Å²) >= 11 is 1.18. The highest BCUT2D eigenvalue weighted by molar-refractivity contribution is 7.14. The maximum absolute atomic E-state index is 13.3. The maximum atomic E-state index is 13.3. The minimum Gasteiger partial charge on any atom is -0.343 e. The molecule has 8 heteroatoms. The number of hydrogen-bond acceptors (Lipinski definition) is 4. The van der Waals surface area contributed by atoms with Gasteiger partial charge in [0.25, 0.3) is 5.91 Å². The molecule has 0 aliphatic rings. The number of carbonyl (C=O) groups excluding carboxylic acids is 2. The van der Waals surface area contributed by atoms with Gasteiger partial charge in [-0.25, -0.2) is 13.8 Å². The highest BCUT2D eigenvalue weighted by atomic mass is 32.1. The van der Waals surface area contributed by atoms with Crippen LogP contribution in [-0.4, -0.2) is 23.3 Å². The van der Waals surface area contributed by atoms with E-state index in [4.69, 9.17) is 0 Å². The van der Waals surface area contributed by atoms with Crippen LogP contribution in [0.1, 0.15) is 10.4 Å². The van der Waals surface area contributed by atoms with Crippen molar-refractivity contribution in [2.45, 2.75) is 0 Å². The minimum absolute atomic E-state index is 0.125. The van der Waals surface area contributed by atoms with E-state index in [-0.39, 0.29) is 17.9 Å². The summed E-state index contributed by atoms with van der Waals surface area (Å²) in [4.78, 5) is 28.0. The third-order valence-electron chi connectivity index (χ3n) is 3.37. The van der Waals surface area contributed by atoms with Crippen molar-refractivity contribution in [3.05, 3.63) is 71.1 Å². The molecule has 26 heavy (non-hydrogen) atoms. The van der Waals surface area contributed by atoms with Gasteiger partial charge in [-0.3, -0.25) is 9.59 Å². The third-order valence-corrected chi connectivity index (χ3v) is 4.12. The first-order valence-corrected chi connectivity index (χ1v) is 8.44. The fourth-order valence-corrected chi connectivity index (χ4v) is 2.90. The van der Waals surface area contributed by atoms with Crippen molar-refractivity contribution >= 4 is 28.3 Å². The number of amides is 2. The standard InChI is InChI=1S/C18H13F2N3O2S/c19-13-5-1-3-11(7-13)15-10-26-18(22-15)23-16(24)9-21-17(25)12-4-2-6-14(20)8-12/h1-8,10H,9H2,(H,21,25)(H,22,23,24). The second kappa shape index (κ2) is 7.83. The highest BCUT2D eigenvalue weighted by Gasteiger charge is 2.11. The molecule has 132 valence electrons. The average molecular weight is 373 g/mol. The zero-order valence-electron chi connectivity index (χ0n) is 13.3. The lowest BCUT2D eigenvalue weighted by atomic mass is 10.2. The number of nitrogens with one attached hydrogen (secondary N) is 2. The Hall–Kier alpha value is -3.13. The zero-order valence-corrected chi connectivity index (χ0v) is 14.1. The molecule has 0 radical (unpaired) electrons. The number of anilines is 1. The smallest absolute Gasteiger partial charge is 0.251 e. The molecule has 0 aliphatic heterocycles. The molecular weight excluding hydrogens is 360 g/mol. The van der Waals surface area contributed by atoms with Crippen LogP contribution in [0.3, 0.4) is 0 Å². The van der Waals surface area contributed by atoms with Crippen molar-refractivity contribution in [2.24, 2.45) is 0 Å². The first kappa shape index (κ1) is 17.7. The molecule has 1 aromatic heterocycles. The lowest BCUT2D eigenvalue weighted by Crippen LogP contribution is -2.32. The van der Waals surface area contributed by atoms with Crippen molar-refractivity contribution in [2.75, 3.05) is 11.9 Å². The molecule has 0 saturated carbocycles. The molecule has 0 saturated heterocycles. The van der Waals surface area contributed by atoms with E-state index in [2.05, 4.69) is 15.6 Å². The van der Waals surface area contributed by atoms with E-state index >= 15 is 0 Å². The van der Waals surface area contributed by atoms with Crippen LogP contribution in [0.5, 0.6) is 0 Å². The van der Waals surface area contributed by atoms with Gasteiger partial charge in [-0.1, -0.05) is 18.2 Å². The molecule has 5 nitrogen and oxygen atoms in total. The van der Waals surface area contributed by atoms with Crippen LogP contribution >= 0.6 is 11.3 Å². The normalized spacial score (nSPS) is 10.4. The summed E-state index contributed by atoms with van der Waals surface area (Å²) in [6.07, 6.45) is 0. The van der Waals surface area contributed by atoms with Gasteiger partial charge in [-0.15, -0.1) is 11.3 Å². The van der Waals surface area contributed by atoms with Gasteiger partial charge in [0.1, 0.15) is 11.6 Å². The van der Waals surface area contributed by atoms with Crippen LogP contribution in [0.4, 0.5) is 13.9 Å². The first-order valence-electron chi connectivity index (χ1n) is 7.56. The molecule has 0 bridgehead atoms. The Kier molecular flexibility index (Phi) is 5.33. The molecular formula is C18H13F2N3O2S. The Morgan fingerprint density at radius 1 is 1.04 bits per heavy atom. The average Bonchev–Trinajstić information content (AvgIpc) is 3.08. The molecule has 0 spiro atoms. The monoisotopic (exact) mass is 373 g/mol. The van der Waals surface area contributed by atoms with Crippen LogP contribution < -0.4 is 10.6 Å². The number of benzene rings is 2. The van der Waals surface area contributed by atoms with Crippen LogP contribution in [0, 0.1) is 11.6 Å². The van der Waals surface area contributed by atoms with Gasteiger partial charge >= 0.3 is 0 Å². The van der Waals surface area contributed by atoms with Crippen molar-refractivity contribution in [1.29, 1.82) is 0 Å². The second-order valence-corrected chi connectivity index (χ2v) is 6.15. The SMILES string of the molecule is O=C(CNC(=O)c1cccc(F)c1)Nc1nc(-c2cccc(F)c2)cs1. The number of halogens is 2. The first-order chi connectivity index (χ1) is 12.5. The molecule has 1 heterocycles. The Morgan fingerprint density at radius 2 is 1.77 bits per heavy atom. The van der Waals surface area contributed by atoms with E-state index < -0.39 is 17.6 Å². The largest absolute Gasteiger partial charge is 0.343 e. The Labute approximate surface area is 151 Å². The van der Waals surface area contributed by atoms with Gasteiger partial charge in [-0.2, -0.15) is 0 Å². The topological polar surface area (TPSA) is 71.1 Å². The van der Waals surface area contributed by atoms with Gasteiger partial charge in [0, 0.05) is 16.5 Å². The predicted molar refractivity (Wildman–Crippen MR) is 94.9 cm³/mol. The van der Waals surface area contributed by atoms with E-state index in [1.54, 1.807) is 17.5 Å². The Bertz CT molecular complexity index is 959. The second-order valence-electron chi connectivity index (χ2n) is 5.29. The number of aromatic nitrogens is 1. The third kappa shape index (κ3) is 4.48. The van der Waals surface area contributed by atoms with E-state index in [0.29, 0.717) is 16.4 Å². The van der Waals surface area contributed by atoms with Crippen LogP contribution in [0.15, 0.2) is 53.9 Å². The number of carbonyl (C=O) groups is 2. The number of nitrogens with zero attached hydrogens (tertiary/aromatic N) is 1. The summed E-state index contributed by atoms with van der Waals surface area (Å²) in [7, 11) is 0. The van der Waals surface area contributed by atoms with Crippen molar-refractivity contribution in [1.82, 2.24) is 10.3 Å². The van der Waals surface area contributed by atoms with Crippen LogP contribution in [0.2, 0.25) is 0 Å². The fourth-order valence-electron chi connectivity index (χ4n) is 2.17. The quantitative estimate of drug-likeness (QED) is 0.720. The van der Waals surface area contributed by atoms with E-state index in [1.807, 2.05) is 0 Å². The summed E-state index contributed by atoms with van der Waals surface area (Å²) in [6.45, 7) is -0.287. The number of thiazole rings is 1. The number of rotatable bonds is 5. The summed E-state index contributed by atoms with van der Waals surface area (Å²) in [5.41, 5.74) is 1.26. The molecule has 0 aliphatic carbocycles. The fraction of sp³-hybridized carbons (Fsp3) is 0.0556. The van der Waals surface area contributed by atoms with E-state index in [1.165, 1.54) is 41.7 Å².